The van der Waals surface area contributed by atoms with Gasteiger partial charge < -0.3 is 9.73 Å². The Labute approximate surface area is 129 Å². The highest BCUT2D eigenvalue weighted by atomic mass is 79.9. The lowest BCUT2D eigenvalue weighted by molar-refractivity contribution is 0.402. The second kappa shape index (κ2) is 6.63. The zero-order chi connectivity index (χ0) is 13.8. The molecule has 2 aromatic rings. The molecule has 4 nitrogen and oxygen atoms in total. The fourth-order valence-electron chi connectivity index (χ4n) is 1.82. The van der Waals surface area contributed by atoms with Gasteiger partial charge >= 0.3 is 0 Å². The van der Waals surface area contributed by atoms with Gasteiger partial charge in [-0.3, -0.25) is 0 Å². The maximum absolute atomic E-state index is 5.76. The first-order valence-electron chi connectivity index (χ1n) is 6.17. The molecular weight excluding hydrogens is 374 g/mol. The third-order valence-corrected chi connectivity index (χ3v) is 3.62. The van der Waals surface area contributed by atoms with Crippen molar-refractivity contribution in [1.29, 1.82) is 0 Å². The second-order valence-electron chi connectivity index (χ2n) is 4.12. The van der Waals surface area contributed by atoms with E-state index in [1.54, 1.807) is 0 Å². The van der Waals surface area contributed by atoms with Crippen molar-refractivity contribution >= 4 is 31.9 Å². The molecule has 0 fully saturated rings. The molecule has 0 aliphatic heterocycles. The van der Waals surface area contributed by atoms with Crippen LogP contribution in [0.15, 0.2) is 31.6 Å². The predicted octanol–water partition coefficient (Wildman–Crippen LogP) is 4.32. The topological polar surface area (TPSA) is 51.0 Å². The van der Waals surface area contributed by atoms with E-state index in [2.05, 4.69) is 61.2 Å². The minimum absolute atomic E-state index is 0.113. The summed E-state index contributed by atoms with van der Waals surface area (Å²) in [6, 6.07) is 5.99. The third kappa shape index (κ3) is 3.64. The smallest absolute Gasteiger partial charge is 0.247 e. The zero-order valence-electron chi connectivity index (χ0n) is 10.8. The molecule has 0 aliphatic carbocycles. The van der Waals surface area contributed by atoms with Crippen molar-refractivity contribution in [1.82, 2.24) is 15.5 Å². The number of halogens is 2. The third-order valence-electron chi connectivity index (χ3n) is 2.71. The number of nitrogens with one attached hydrogen (secondary N) is 1. The van der Waals surface area contributed by atoms with E-state index in [9.17, 15) is 0 Å². The Kier molecular flexibility index (Phi) is 5.13. The largest absolute Gasteiger partial charge is 0.419 e. The van der Waals surface area contributed by atoms with E-state index in [0.29, 0.717) is 11.8 Å². The van der Waals surface area contributed by atoms with E-state index in [-0.39, 0.29) is 6.04 Å². The van der Waals surface area contributed by atoms with Crippen LogP contribution < -0.4 is 5.32 Å². The van der Waals surface area contributed by atoms with Crippen molar-refractivity contribution < 1.29 is 4.42 Å². The highest BCUT2D eigenvalue weighted by Crippen LogP contribution is 2.28. The highest BCUT2D eigenvalue weighted by Gasteiger charge is 2.16. The lowest BCUT2D eigenvalue weighted by Crippen LogP contribution is -2.20. The van der Waals surface area contributed by atoms with Crippen LogP contribution in [0.1, 0.15) is 32.2 Å². The van der Waals surface area contributed by atoms with Crippen molar-refractivity contribution in [3.05, 3.63) is 33.0 Å². The first-order chi connectivity index (χ1) is 9.13. The summed E-state index contributed by atoms with van der Waals surface area (Å²) in [5.74, 6) is 1.17. The van der Waals surface area contributed by atoms with Gasteiger partial charge in [-0.15, -0.1) is 10.2 Å². The van der Waals surface area contributed by atoms with E-state index < -0.39 is 0 Å². The molecule has 19 heavy (non-hydrogen) atoms. The molecule has 0 aliphatic rings. The normalized spacial score (nSPS) is 12.6. The van der Waals surface area contributed by atoms with Gasteiger partial charge in [-0.25, -0.2) is 0 Å². The molecule has 0 saturated carbocycles. The summed E-state index contributed by atoms with van der Waals surface area (Å²) in [7, 11) is 0. The van der Waals surface area contributed by atoms with Crippen LogP contribution in [0.25, 0.3) is 11.5 Å². The van der Waals surface area contributed by atoms with Crippen molar-refractivity contribution in [3.63, 3.8) is 0 Å². The van der Waals surface area contributed by atoms with Crippen LogP contribution in [0.4, 0.5) is 0 Å². The number of hydrogen-bond donors (Lipinski definition) is 1. The molecule has 1 unspecified atom stereocenters. The summed E-state index contributed by atoms with van der Waals surface area (Å²) in [6.45, 7) is 5.02. The molecular formula is C13H15Br2N3O. The molecule has 0 bridgehead atoms. The average molecular weight is 389 g/mol. The van der Waals surface area contributed by atoms with Crippen molar-refractivity contribution in [3.8, 4) is 11.5 Å². The lowest BCUT2D eigenvalue weighted by Gasteiger charge is -2.10. The van der Waals surface area contributed by atoms with Gasteiger partial charge in [0.25, 0.3) is 0 Å². The zero-order valence-corrected chi connectivity index (χ0v) is 14.0. The Morgan fingerprint density at radius 3 is 2.42 bits per heavy atom. The Hall–Kier alpha value is -0.720. The van der Waals surface area contributed by atoms with Gasteiger partial charge in [-0.2, -0.15) is 0 Å². The monoisotopic (exact) mass is 387 g/mol. The Morgan fingerprint density at radius 2 is 1.84 bits per heavy atom. The van der Waals surface area contributed by atoms with Crippen molar-refractivity contribution in [2.24, 2.45) is 0 Å². The quantitative estimate of drug-likeness (QED) is 0.828. The molecule has 1 heterocycles. The number of aromatic nitrogens is 2. The SMILES string of the molecule is CCNC(CC)c1nnc(-c2cc(Br)cc(Br)c2)o1. The van der Waals surface area contributed by atoms with E-state index in [0.717, 1.165) is 27.5 Å². The van der Waals surface area contributed by atoms with Gasteiger partial charge in [0.2, 0.25) is 11.8 Å². The van der Waals surface area contributed by atoms with Crippen LogP contribution in [0.3, 0.4) is 0 Å². The van der Waals surface area contributed by atoms with Crippen LogP contribution in [0, 0.1) is 0 Å². The molecule has 1 atom stereocenters. The van der Waals surface area contributed by atoms with Crippen LogP contribution in [0.2, 0.25) is 0 Å². The summed E-state index contributed by atoms with van der Waals surface area (Å²) >= 11 is 6.90. The maximum Gasteiger partial charge on any atom is 0.247 e. The summed E-state index contributed by atoms with van der Waals surface area (Å²) in [6.07, 6.45) is 0.914. The number of benzene rings is 1. The molecule has 0 spiro atoms. The summed E-state index contributed by atoms with van der Waals surface area (Å²) in [4.78, 5) is 0. The first-order valence-corrected chi connectivity index (χ1v) is 7.75. The lowest BCUT2D eigenvalue weighted by atomic mass is 10.2. The molecule has 6 heteroatoms. The van der Waals surface area contributed by atoms with Crippen molar-refractivity contribution in [2.45, 2.75) is 26.3 Å². The van der Waals surface area contributed by atoms with Gasteiger partial charge in [0.05, 0.1) is 6.04 Å². The second-order valence-corrected chi connectivity index (χ2v) is 5.95. The van der Waals surface area contributed by atoms with E-state index >= 15 is 0 Å². The van der Waals surface area contributed by atoms with Crippen LogP contribution in [0.5, 0.6) is 0 Å². The first kappa shape index (κ1) is 14.7. The standard InChI is InChI=1S/C13H15Br2N3O/c1-3-11(16-4-2)13-18-17-12(19-13)8-5-9(14)7-10(15)6-8/h5-7,11,16H,3-4H2,1-2H3. The molecule has 102 valence electrons. The Balaban J connectivity index is 2.29. The predicted molar refractivity (Wildman–Crippen MR) is 81.8 cm³/mol. The molecule has 1 aromatic heterocycles. The molecule has 0 radical (unpaired) electrons. The molecule has 0 amide bonds. The molecule has 0 saturated heterocycles. The summed E-state index contributed by atoms with van der Waals surface area (Å²) < 4.78 is 7.69. The molecule has 1 aromatic carbocycles. The number of nitrogens with zero attached hydrogens (tertiary/aromatic N) is 2. The molecule has 1 N–H and O–H groups in total. The van der Waals surface area contributed by atoms with Gasteiger partial charge in [0, 0.05) is 14.5 Å². The number of hydrogen-bond acceptors (Lipinski definition) is 4. The average Bonchev–Trinajstić information content (AvgIpc) is 2.84. The number of rotatable bonds is 5. The fourth-order valence-corrected chi connectivity index (χ4v) is 3.12. The minimum atomic E-state index is 0.113. The fraction of sp³-hybridized carbons (Fsp3) is 0.385. The van der Waals surface area contributed by atoms with E-state index in [1.807, 2.05) is 18.2 Å². The van der Waals surface area contributed by atoms with Crippen molar-refractivity contribution in [2.75, 3.05) is 6.54 Å². The Bertz CT molecular complexity index is 536. The van der Waals surface area contributed by atoms with E-state index in [1.165, 1.54) is 0 Å². The van der Waals surface area contributed by atoms with Gasteiger partial charge in [0.15, 0.2) is 0 Å². The summed E-state index contributed by atoms with van der Waals surface area (Å²) in [5.41, 5.74) is 0.895. The van der Waals surface area contributed by atoms with Gasteiger partial charge in [0.1, 0.15) is 0 Å². The summed E-state index contributed by atoms with van der Waals surface area (Å²) in [5, 5.41) is 11.6. The van der Waals surface area contributed by atoms with Gasteiger partial charge in [-0.1, -0.05) is 45.7 Å². The minimum Gasteiger partial charge on any atom is -0.419 e. The molecule has 2 rings (SSSR count). The Morgan fingerprint density at radius 1 is 1.16 bits per heavy atom. The highest BCUT2D eigenvalue weighted by molar-refractivity contribution is 9.11. The van der Waals surface area contributed by atoms with Gasteiger partial charge in [-0.05, 0) is 31.2 Å². The van der Waals surface area contributed by atoms with Crippen LogP contribution in [-0.4, -0.2) is 16.7 Å². The van der Waals surface area contributed by atoms with Crippen LogP contribution >= 0.6 is 31.9 Å². The van der Waals surface area contributed by atoms with Crippen LogP contribution in [-0.2, 0) is 0 Å². The van der Waals surface area contributed by atoms with E-state index in [4.69, 9.17) is 4.42 Å². The maximum atomic E-state index is 5.76.